The second kappa shape index (κ2) is 7.29. The van der Waals surface area contributed by atoms with Gasteiger partial charge < -0.3 is 20.7 Å². The molecule has 0 aromatic carbocycles. The third-order valence-corrected chi connectivity index (χ3v) is 2.44. The molecule has 4 N–H and O–H groups in total. The van der Waals surface area contributed by atoms with Crippen molar-refractivity contribution in [3.63, 3.8) is 0 Å². The van der Waals surface area contributed by atoms with E-state index in [2.05, 4.69) is 10.6 Å². The number of carbonyl (C=O) groups is 2. The van der Waals surface area contributed by atoms with Gasteiger partial charge in [-0.05, 0) is 12.3 Å². The Kier molecular flexibility index (Phi) is 6.83. The Balaban J connectivity index is 4.56. The fourth-order valence-corrected chi connectivity index (χ4v) is 1.41. The highest BCUT2D eigenvalue weighted by Crippen LogP contribution is 2.03. The molecule has 0 aliphatic heterocycles. The summed E-state index contributed by atoms with van der Waals surface area (Å²) >= 11 is 0. The highest BCUT2D eigenvalue weighted by molar-refractivity contribution is 6.43. The molecule has 7 heteroatoms. The number of carbonyl (C=O) groups excluding carboxylic acids is 2. The van der Waals surface area contributed by atoms with Gasteiger partial charge in [-0.2, -0.15) is 0 Å². The summed E-state index contributed by atoms with van der Waals surface area (Å²) in [6.45, 7) is 6.67. The molecule has 0 heterocycles. The molecule has 0 rings (SSSR count). The third-order valence-electron chi connectivity index (χ3n) is 2.44. The van der Waals surface area contributed by atoms with Crippen LogP contribution in [0.5, 0.6) is 0 Å². The smallest absolute Gasteiger partial charge is 0.426 e. The molecule has 2 amide bonds. The Labute approximate surface area is 102 Å². The topological polar surface area (TPSA) is 98.7 Å². The van der Waals surface area contributed by atoms with Gasteiger partial charge in [0, 0.05) is 6.92 Å². The number of hydrogen-bond donors (Lipinski definition) is 4. The van der Waals surface area contributed by atoms with E-state index in [1.165, 1.54) is 6.92 Å². The molecule has 0 spiro atoms. The first-order chi connectivity index (χ1) is 7.79. The third kappa shape index (κ3) is 5.69. The second-order valence-electron chi connectivity index (χ2n) is 4.36. The van der Waals surface area contributed by atoms with Crippen LogP contribution in [0.3, 0.4) is 0 Å². The Morgan fingerprint density at radius 2 is 1.76 bits per heavy atom. The predicted molar refractivity (Wildman–Crippen MR) is 64.9 cm³/mol. The summed E-state index contributed by atoms with van der Waals surface area (Å²) in [7, 11) is -1.60. The van der Waals surface area contributed by atoms with Gasteiger partial charge in [0.15, 0.2) is 0 Å². The number of rotatable bonds is 6. The van der Waals surface area contributed by atoms with E-state index in [4.69, 9.17) is 10.0 Å². The number of amides is 2. The molecule has 98 valence electrons. The van der Waals surface area contributed by atoms with Gasteiger partial charge in [-0.25, -0.2) is 0 Å². The van der Waals surface area contributed by atoms with Gasteiger partial charge in [0.2, 0.25) is 11.8 Å². The summed E-state index contributed by atoms with van der Waals surface area (Å²) in [4.78, 5) is 22.8. The van der Waals surface area contributed by atoms with Crippen LogP contribution in [0.15, 0.2) is 0 Å². The van der Waals surface area contributed by atoms with Crippen LogP contribution in [-0.2, 0) is 9.59 Å². The lowest BCUT2D eigenvalue weighted by Crippen LogP contribution is -2.55. The zero-order valence-electron chi connectivity index (χ0n) is 10.7. The Morgan fingerprint density at radius 3 is 2.06 bits per heavy atom. The van der Waals surface area contributed by atoms with Crippen molar-refractivity contribution in [1.29, 1.82) is 0 Å². The lowest BCUT2D eigenvalue weighted by atomic mass is 9.77. The maximum Gasteiger partial charge on any atom is 0.475 e. The molecule has 0 saturated carbocycles. The summed E-state index contributed by atoms with van der Waals surface area (Å²) in [5, 5.41) is 23.1. The van der Waals surface area contributed by atoms with E-state index < -0.39 is 25.0 Å². The zero-order valence-corrected chi connectivity index (χ0v) is 10.7. The molecular weight excluding hydrogens is 223 g/mol. The fourth-order valence-electron chi connectivity index (χ4n) is 1.41. The van der Waals surface area contributed by atoms with Crippen LogP contribution in [0.25, 0.3) is 0 Å². The van der Waals surface area contributed by atoms with E-state index in [9.17, 15) is 9.59 Å². The van der Waals surface area contributed by atoms with Gasteiger partial charge in [-0.3, -0.25) is 9.59 Å². The Morgan fingerprint density at radius 1 is 1.24 bits per heavy atom. The van der Waals surface area contributed by atoms with Crippen molar-refractivity contribution in [2.75, 3.05) is 0 Å². The minimum atomic E-state index is -1.60. The van der Waals surface area contributed by atoms with Crippen LogP contribution in [0.4, 0.5) is 0 Å². The van der Waals surface area contributed by atoms with Crippen molar-refractivity contribution in [1.82, 2.24) is 10.6 Å². The average Bonchev–Trinajstić information content (AvgIpc) is 2.20. The van der Waals surface area contributed by atoms with Crippen LogP contribution in [0.2, 0.25) is 0 Å². The molecule has 0 bridgehead atoms. The molecule has 2 atom stereocenters. The molecule has 0 aromatic heterocycles. The molecule has 0 fully saturated rings. The van der Waals surface area contributed by atoms with Gasteiger partial charge in [0.25, 0.3) is 0 Å². The summed E-state index contributed by atoms with van der Waals surface area (Å²) < 4.78 is 0. The van der Waals surface area contributed by atoms with Gasteiger partial charge in [-0.15, -0.1) is 0 Å². The minimum absolute atomic E-state index is 0.0766. The molecule has 0 unspecified atom stereocenters. The second-order valence-corrected chi connectivity index (χ2v) is 4.36. The van der Waals surface area contributed by atoms with Crippen LogP contribution >= 0.6 is 0 Å². The molecule has 0 saturated heterocycles. The largest absolute Gasteiger partial charge is 0.475 e. The molecule has 6 nitrogen and oxygen atoms in total. The van der Waals surface area contributed by atoms with Crippen molar-refractivity contribution in [2.45, 2.75) is 46.1 Å². The first-order valence-electron chi connectivity index (χ1n) is 5.73. The van der Waals surface area contributed by atoms with Crippen LogP contribution in [-0.4, -0.2) is 41.0 Å². The van der Waals surface area contributed by atoms with Crippen molar-refractivity contribution in [3.05, 3.63) is 0 Å². The van der Waals surface area contributed by atoms with E-state index >= 15 is 0 Å². The zero-order chi connectivity index (χ0) is 13.6. The fraction of sp³-hybridized carbons (Fsp3) is 0.800. The quantitative estimate of drug-likeness (QED) is 0.453. The maximum absolute atomic E-state index is 11.8. The lowest BCUT2D eigenvalue weighted by molar-refractivity contribution is -0.129. The highest BCUT2D eigenvalue weighted by atomic mass is 16.4. The first kappa shape index (κ1) is 15.9. The molecule has 0 aromatic rings. The first-order valence-corrected chi connectivity index (χ1v) is 5.73. The van der Waals surface area contributed by atoms with E-state index in [1.54, 1.807) is 20.8 Å². The maximum atomic E-state index is 11.8. The van der Waals surface area contributed by atoms with Crippen molar-refractivity contribution >= 4 is 18.9 Å². The van der Waals surface area contributed by atoms with Crippen molar-refractivity contribution < 1.29 is 19.6 Å². The summed E-state index contributed by atoms with van der Waals surface area (Å²) in [5.41, 5.74) is 0. The number of hydrogen-bond acceptors (Lipinski definition) is 4. The van der Waals surface area contributed by atoms with Gasteiger partial charge in [0.05, 0.1) is 5.94 Å². The van der Waals surface area contributed by atoms with E-state index in [-0.39, 0.29) is 11.8 Å². The summed E-state index contributed by atoms with van der Waals surface area (Å²) in [5.74, 6) is -1.50. The van der Waals surface area contributed by atoms with Gasteiger partial charge in [-0.1, -0.05) is 20.8 Å². The van der Waals surface area contributed by atoms with Crippen LogP contribution < -0.4 is 10.6 Å². The monoisotopic (exact) mass is 244 g/mol. The summed E-state index contributed by atoms with van der Waals surface area (Å²) in [6, 6.07) is -0.666. The van der Waals surface area contributed by atoms with E-state index in [1.807, 2.05) is 0 Å². The molecular formula is C10H21BN2O4. The van der Waals surface area contributed by atoms with Crippen LogP contribution in [0, 0.1) is 5.92 Å². The van der Waals surface area contributed by atoms with E-state index in [0.29, 0.717) is 6.42 Å². The van der Waals surface area contributed by atoms with Gasteiger partial charge in [0.1, 0.15) is 6.04 Å². The van der Waals surface area contributed by atoms with Gasteiger partial charge >= 0.3 is 7.12 Å². The highest BCUT2D eigenvalue weighted by Gasteiger charge is 2.29. The molecule has 0 aliphatic carbocycles. The predicted octanol–water partition coefficient (Wildman–Crippen LogP) is -0.946. The van der Waals surface area contributed by atoms with Crippen molar-refractivity contribution in [2.24, 2.45) is 5.92 Å². The van der Waals surface area contributed by atoms with E-state index in [0.717, 1.165) is 0 Å². The molecule has 0 aliphatic rings. The minimum Gasteiger partial charge on any atom is -0.426 e. The average molecular weight is 244 g/mol. The standard InChI is InChI=1S/C10H21BN2O4/c1-5-8(11(16)17)13-10(15)9(6(2)3)12-7(4)14/h6,8-9,16-17H,5H2,1-4H3,(H,12,14)(H,13,15)/t8-,9-/m0/s1. The Hall–Kier alpha value is -1.08. The summed E-state index contributed by atoms with van der Waals surface area (Å²) in [6.07, 6.45) is 0.397. The van der Waals surface area contributed by atoms with Crippen LogP contribution in [0.1, 0.15) is 34.1 Å². The molecule has 0 radical (unpaired) electrons. The normalized spacial score (nSPS) is 14.1. The molecule has 17 heavy (non-hydrogen) atoms. The Bertz CT molecular complexity index is 271. The number of nitrogens with one attached hydrogen (secondary N) is 2. The SMILES string of the molecule is CC[C@H](NC(=O)[C@@H](NC(C)=O)C(C)C)B(O)O. The van der Waals surface area contributed by atoms with Crippen molar-refractivity contribution in [3.8, 4) is 0 Å². The lowest BCUT2D eigenvalue weighted by Gasteiger charge is -2.24.